The van der Waals surface area contributed by atoms with E-state index in [1.165, 1.54) is 12.3 Å². The van der Waals surface area contributed by atoms with Crippen LogP contribution in [0, 0.1) is 0 Å². The molecule has 6 nitrogen and oxygen atoms in total. The number of hydrogen-bond acceptors (Lipinski definition) is 4. The number of carboxylic acid groups (broad SMARTS) is 1. The maximum atomic E-state index is 11.5. The summed E-state index contributed by atoms with van der Waals surface area (Å²) >= 11 is 0. The van der Waals surface area contributed by atoms with Gasteiger partial charge in [-0.15, -0.1) is 0 Å². The average molecular weight is 255 g/mol. The lowest BCUT2D eigenvalue weighted by molar-refractivity contribution is 0.0507. The molecule has 100 valence electrons. The van der Waals surface area contributed by atoms with Crippen molar-refractivity contribution in [3.05, 3.63) is 23.7 Å². The van der Waals surface area contributed by atoms with Crippen molar-refractivity contribution in [2.24, 2.45) is 0 Å². The lowest BCUT2D eigenvalue weighted by Crippen LogP contribution is -2.33. The molecular formula is C12H17NO5. The van der Waals surface area contributed by atoms with E-state index in [0.29, 0.717) is 5.56 Å². The smallest absolute Gasteiger partial charge is 0.408 e. The summed E-state index contributed by atoms with van der Waals surface area (Å²) in [6.45, 7) is 6.99. The molecule has 1 rings (SSSR count). The highest BCUT2D eigenvalue weighted by molar-refractivity contribution is 5.84. The molecule has 0 radical (unpaired) electrons. The van der Waals surface area contributed by atoms with Crippen LogP contribution in [-0.4, -0.2) is 22.8 Å². The first-order valence-electron chi connectivity index (χ1n) is 5.50. The number of alkyl carbamates (subject to hydrolysis) is 1. The Morgan fingerprint density at radius 3 is 2.50 bits per heavy atom. The zero-order chi connectivity index (χ0) is 13.9. The van der Waals surface area contributed by atoms with E-state index in [1.54, 1.807) is 27.7 Å². The van der Waals surface area contributed by atoms with Crippen LogP contribution in [0.4, 0.5) is 4.79 Å². The molecule has 0 aliphatic rings. The Hall–Kier alpha value is -1.98. The minimum Gasteiger partial charge on any atom is -0.475 e. The van der Waals surface area contributed by atoms with E-state index in [9.17, 15) is 9.59 Å². The number of aromatic carboxylic acids is 1. The predicted molar refractivity (Wildman–Crippen MR) is 63.5 cm³/mol. The van der Waals surface area contributed by atoms with Crippen molar-refractivity contribution in [2.45, 2.75) is 39.3 Å². The van der Waals surface area contributed by atoms with Crippen LogP contribution < -0.4 is 5.32 Å². The van der Waals surface area contributed by atoms with Gasteiger partial charge in [0.25, 0.3) is 0 Å². The SMILES string of the molecule is CC(NC(=O)OC(C)(C)C)c1coc(C(=O)O)c1. The Bertz CT molecular complexity index is 444. The molecule has 18 heavy (non-hydrogen) atoms. The molecule has 6 heteroatoms. The van der Waals surface area contributed by atoms with Crippen molar-refractivity contribution >= 4 is 12.1 Å². The van der Waals surface area contributed by atoms with Crippen LogP contribution in [0.15, 0.2) is 16.7 Å². The number of carbonyl (C=O) groups excluding carboxylic acids is 1. The topological polar surface area (TPSA) is 88.8 Å². The largest absolute Gasteiger partial charge is 0.475 e. The summed E-state index contributed by atoms with van der Waals surface area (Å²) in [5.41, 5.74) is -0.00913. The summed E-state index contributed by atoms with van der Waals surface area (Å²) in [7, 11) is 0. The van der Waals surface area contributed by atoms with Crippen molar-refractivity contribution in [1.29, 1.82) is 0 Å². The minimum absolute atomic E-state index is 0.164. The Kier molecular flexibility index (Phi) is 4.00. The van der Waals surface area contributed by atoms with E-state index in [2.05, 4.69) is 5.32 Å². The monoisotopic (exact) mass is 255 g/mol. The lowest BCUT2D eigenvalue weighted by atomic mass is 10.1. The fraction of sp³-hybridized carbons (Fsp3) is 0.500. The van der Waals surface area contributed by atoms with E-state index in [0.717, 1.165) is 0 Å². The number of hydrogen-bond donors (Lipinski definition) is 2. The summed E-state index contributed by atoms with van der Waals surface area (Å²) in [6.07, 6.45) is 0.735. The van der Waals surface area contributed by atoms with Gasteiger partial charge in [-0.3, -0.25) is 0 Å². The van der Waals surface area contributed by atoms with Crippen LogP contribution in [0.2, 0.25) is 0 Å². The number of nitrogens with one attached hydrogen (secondary N) is 1. The van der Waals surface area contributed by atoms with Gasteiger partial charge in [0.1, 0.15) is 5.60 Å². The first kappa shape index (κ1) is 14.1. The lowest BCUT2D eigenvalue weighted by Gasteiger charge is -2.21. The van der Waals surface area contributed by atoms with Crippen LogP contribution >= 0.6 is 0 Å². The average Bonchev–Trinajstić information content (AvgIpc) is 2.62. The first-order valence-corrected chi connectivity index (χ1v) is 5.50. The normalized spacial score (nSPS) is 12.9. The van der Waals surface area contributed by atoms with Gasteiger partial charge in [0, 0.05) is 5.56 Å². The van der Waals surface area contributed by atoms with Gasteiger partial charge >= 0.3 is 12.1 Å². The minimum atomic E-state index is -1.15. The summed E-state index contributed by atoms with van der Waals surface area (Å²) in [5, 5.41) is 11.3. The number of furan rings is 1. The zero-order valence-corrected chi connectivity index (χ0v) is 10.8. The first-order chi connectivity index (χ1) is 8.19. The third-order valence-electron chi connectivity index (χ3n) is 2.06. The molecule has 1 heterocycles. The third-order valence-corrected chi connectivity index (χ3v) is 2.06. The molecular weight excluding hydrogens is 238 g/mol. The quantitative estimate of drug-likeness (QED) is 0.866. The number of rotatable bonds is 3. The molecule has 0 fully saturated rings. The summed E-state index contributed by atoms with van der Waals surface area (Å²) in [6, 6.07) is 0.974. The Morgan fingerprint density at radius 2 is 2.06 bits per heavy atom. The number of amides is 1. The Labute approximate surface area is 105 Å². The molecule has 0 aliphatic carbocycles. The summed E-state index contributed by atoms with van der Waals surface area (Å²) < 4.78 is 9.93. The third kappa shape index (κ3) is 4.12. The van der Waals surface area contributed by atoms with Crippen LogP contribution in [0.3, 0.4) is 0 Å². The number of ether oxygens (including phenoxy) is 1. The van der Waals surface area contributed by atoms with Gasteiger partial charge in [0.2, 0.25) is 5.76 Å². The van der Waals surface area contributed by atoms with Crippen LogP contribution in [0.25, 0.3) is 0 Å². The Morgan fingerprint density at radius 1 is 1.44 bits per heavy atom. The van der Waals surface area contributed by atoms with Crippen LogP contribution in [-0.2, 0) is 4.74 Å². The molecule has 1 unspecified atom stereocenters. The van der Waals surface area contributed by atoms with Crippen molar-refractivity contribution in [2.75, 3.05) is 0 Å². The standard InChI is InChI=1S/C12H17NO5/c1-7(13-11(16)18-12(2,3)4)8-5-9(10(14)15)17-6-8/h5-7H,1-4H3,(H,13,16)(H,14,15). The fourth-order valence-electron chi connectivity index (χ4n) is 1.26. The second-order valence-corrected chi connectivity index (χ2v) is 4.92. The molecule has 1 amide bonds. The molecule has 0 aromatic carbocycles. The summed E-state index contributed by atoms with van der Waals surface area (Å²) in [5.74, 6) is -1.31. The maximum absolute atomic E-state index is 11.5. The van der Waals surface area contributed by atoms with Gasteiger partial charge < -0.3 is 19.6 Å². The Balaban J connectivity index is 2.62. The van der Waals surface area contributed by atoms with Crippen molar-refractivity contribution in [3.63, 3.8) is 0 Å². The van der Waals surface area contributed by atoms with Crippen molar-refractivity contribution in [3.8, 4) is 0 Å². The number of carbonyl (C=O) groups is 2. The van der Waals surface area contributed by atoms with Crippen molar-refractivity contribution in [1.82, 2.24) is 5.32 Å². The van der Waals surface area contributed by atoms with E-state index in [1.807, 2.05) is 0 Å². The van der Waals surface area contributed by atoms with Gasteiger partial charge in [-0.1, -0.05) is 0 Å². The molecule has 1 aromatic heterocycles. The predicted octanol–water partition coefficient (Wildman–Crippen LogP) is 2.56. The molecule has 0 saturated heterocycles. The summed E-state index contributed by atoms with van der Waals surface area (Å²) in [4.78, 5) is 22.1. The van der Waals surface area contributed by atoms with E-state index >= 15 is 0 Å². The maximum Gasteiger partial charge on any atom is 0.408 e. The highest BCUT2D eigenvalue weighted by Gasteiger charge is 2.20. The highest BCUT2D eigenvalue weighted by atomic mass is 16.6. The molecule has 0 aliphatic heterocycles. The van der Waals surface area contributed by atoms with E-state index in [-0.39, 0.29) is 5.76 Å². The number of carboxylic acids is 1. The molecule has 1 aromatic rings. The van der Waals surface area contributed by atoms with Crippen LogP contribution in [0.1, 0.15) is 49.9 Å². The fourth-order valence-corrected chi connectivity index (χ4v) is 1.26. The van der Waals surface area contributed by atoms with E-state index < -0.39 is 23.7 Å². The molecule has 1 atom stereocenters. The van der Waals surface area contributed by atoms with Gasteiger partial charge in [-0.2, -0.15) is 0 Å². The highest BCUT2D eigenvalue weighted by Crippen LogP contribution is 2.17. The molecule has 2 N–H and O–H groups in total. The zero-order valence-electron chi connectivity index (χ0n) is 10.8. The molecule has 0 spiro atoms. The van der Waals surface area contributed by atoms with Gasteiger partial charge in [0.15, 0.2) is 0 Å². The molecule has 0 bridgehead atoms. The van der Waals surface area contributed by atoms with E-state index in [4.69, 9.17) is 14.3 Å². The second kappa shape index (κ2) is 5.12. The van der Waals surface area contributed by atoms with Gasteiger partial charge in [0.05, 0.1) is 12.3 Å². The second-order valence-electron chi connectivity index (χ2n) is 4.92. The van der Waals surface area contributed by atoms with Gasteiger partial charge in [-0.25, -0.2) is 9.59 Å². The molecule has 0 saturated carbocycles. The van der Waals surface area contributed by atoms with Gasteiger partial charge in [-0.05, 0) is 33.8 Å². The van der Waals surface area contributed by atoms with Crippen LogP contribution in [0.5, 0.6) is 0 Å². The van der Waals surface area contributed by atoms with Crippen molar-refractivity contribution < 1.29 is 23.8 Å².